The van der Waals surface area contributed by atoms with Crippen molar-refractivity contribution in [2.45, 2.75) is 32.0 Å². The summed E-state index contributed by atoms with van der Waals surface area (Å²) in [4.78, 5) is 35.9. The lowest BCUT2D eigenvalue weighted by Gasteiger charge is -2.33. The lowest BCUT2D eigenvalue weighted by molar-refractivity contribution is -0.00225. The van der Waals surface area contributed by atoms with Crippen LogP contribution in [0.3, 0.4) is 0 Å². The highest BCUT2D eigenvalue weighted by Crippen LogP contribution is 2.21. The molecule has 0 bridgehead atoms. The molecule has 3 aromatic heterocycles. The molecule has 3 aromatic rings. The zero-order valence-electron chi connectivity index (χ0n) is 19.1. The molecule has 0 unspecified atom stereocenters. The van der Waals surface area contributed by atoms with Crippen molar-refractivity contribution in [3.05, 3.63) is 47.3 Å². The SMILES string of the molecule is C[C@H](CO)n1nnnc1-c1cccc(NC(=O)c2cc3c(cn2)CCN(C(=O)NC2COC2)C3)n1. The van der Waals surface area contributed by atoms with Gasteiger partial charge >= 0.3 is 6.03 Å². The van der Waals surface area contributed by atoms with Gasteiger partial charge in [-0.05, 0) is 53.1 Å². The molecule has 3 amide bonds. The maximum atomic E-state index is 12.9. The standard InChI is InChI=1S/C22H25N9O4/c1-13(10-32)31-20(27-28-29-31)17-3-2-4-19(25-17)26-21(33)18-7-15-9-30(6-5-14(15)8-23-18)22(34)24-16-11-35-12-16/h2-4,7-8,13,16,32H,5-6,9-12H2,1H3,(H,24,34)(H,25,26,33)/t13-/m1/s1. The van der Waals surface area contributed by atoms with Crippen molar-refractivity contribution in [1.82, 2.24) is 40.4 Å². The maximum Gasteiger partial charge on any atom is 0.318 e. The predicted molar refractivity (Wildman–Crippen MR) is 122 cm³/mol. The Kier molecular flexibility index (Phi) is 6.33. The fourth-order valence-electron chi connectivity index (χ4n) is 3.87. The van der Waals surface area contributed by atoms with E-state index < -0.39 is 5.91 Å². The fourth-order valence-corrected chi connectivity index (χ4v) is 3.87. The van der Waals surface area contributed by atoms with E-state index in [-0.39, 0.29) is 30.4 Å². The molecule has 2 aliphatic rings. The predicted octanol–water partition coefficient (Wildman–Crippen LogP) is 0.402. The van der Waals surface area contributed by atoms with Crippen LogP contribution in [0.4, 0.5) is 10.6 Å². The average molecular weight is 480 g/mol. The Morgan fingerprint density at radius 1 is 1.29 bits per heavy atom. The van der Waals surface area contributed by atoms with Crippen LogP contribution in [0.1, 0.15) is 34.6 Å². The molecule has 0 saturated carbocycles. The molecular formula is C22H25N9O4. The number of tetrazole rings is 1. The van der Waals surface area contributed by atoms with E-state index in [1.165, 1.54) is 4.68 Å². The van der Waals surface area contributed by atoms with Crippen LogP contribution in [-0.4, -0.2) is 84.5 Å². The van der Waals surface area contributed by atoms with Gasteiger partial charge in [-0.3, -0.25) is 9.78 Å². The van der Waals surface area contributed by atoms with Gasteiger partial charge in [0, 0.05) is 19.3 Å². The zero-order chi connectivity index (χ0) is 24.4. The highest BCUT2D eigenvalue weighted by molar-refractivity contribution is 6.02. The summed E-state index contributed by atoms with van der Waals surface area (Å²) in [6.07, 6.45) is 2.36. The molecule has 0 spiro atoms. The topological polar surface area (TPSA) is 160 Å². The largest absolute Gasteiger partial charge is 0.394 e. The molecule has 0 aromatic carbocycles. The molecule has 5 rings (SSSR count). The van der Waals surface area contributed by atoms with Crippen LogP contribution < -0.4 is 10.6 Å². The number of fused-ring (bicyclic) bond motifs is 1. The molecular weight excluding hydrogens is 454 g/mol. The van der Waals surface area contributed by atoms with E-state index in [0.29, 0.717) is 50.1 Å². The molecule has 13 heteroatoms. The molecule has 1 atom stereocenters. The monoisotopic (exact) mass is 479 g/mol. The van der Waals surface area contributed by atoms with Crippen molar-refractivity contribution in [1.29, 1.82) is 0 Å². The second-order valence-electron chi connectivity index (χ2n) is 8.53. The minimum Gasteiger partial charge on any atom is -0.394 e. The third-order valence-electron chi connectivity index (χ3n) is 5.97. The molecule has 1 fully saturated rings. The number of hydrogen-bond acceptors (Lipinski definition) is 9. The fraction of sp³-hybridized carbons (Fsp3) is 0.409. The van der Waals surface area contributed by atoms with E-state index in [1.54, 1.807) is 42.3 Å². The third-order valence-corrected chi connectivity index (χ3v) is 5.97. The van der Waals surface area contributed by atoms with Crippen LogP contribution in [0.5, 0.6) is 0 Å². The van der Waals surface area contributed by atoms with Gasteiger partial charge in [0.05, 0.1) is 31.9 Å². The van der Waals surface area contributed by atoms with E-state index >= 15 is 0 Å². The quantitative estimate of drug-likeness (QED) is 0.455. The van der Waals surface area contributed by atoms with Crippen LogP contribution >= 0.6 is 0 Å². The van der Waals surface area contributed by atoms with Gasteiger partial charge in [0.1, 0.15) is 17.2 Å². The van der Waals surface area contributed by atoms with E-state index in [1.807, 2.05) is 0 Å². The number of aliphatic hydroxyl groups excluding tert-OH is 1. The van der Waals surface area contributed by atoms with Crippen molar-refractivity contribution >= 4 is 17.8 Å². The molecule has 5 heterocycles. The number of carbonyl (C=O) groups excluding carboxylic acids is 2. The van der Waals surface area contributed by atoms with Gasteiger partial charge in [0.2, 0.25) is 5.82 Å². The summed E-state index contributed by atoms with van der Waals surface area (Å²) >= 11 is 0. The van der Waals surface area contributed by atoms with Gasteiger partial charge in [0.15, 0.2) is 0 Å². The lowest BCUT2D eigenvalue weighted by atomic mass is 10.0. The molecule has 3 N–H and O–H groups in total. The summed E-state index contributed by atoms with van der Waals surface area (Å²) in [7, 11) is 0. The second kappa shape index (κ2) is 9.72. The molecule has 13 nitrogen and oxygen atoms in total. The summed E-state index contributed by atoms with van der Waals surface area (Å²) in [6, 6.07) is 6.40. The zero-order valence-corrected chi connectivity index (χ0v) is 19.1. The number of amides is 3. The Labute approximate surface area is 200 Å². The summed E-state index contributed by atoms with van der Waals surface area (Å²) in [5.74, 6) is 0.261. The lowest BCUT2D eigenvalue weighted by Crippen LogP contribution is -2.53. The van der Waals surface area contributed by atoms with Crippen molar-refractivity contribution < 1.29 is 19.4 Å². The van der Waals surface area contributed by atoms with Crippen molar-refractivity contribution in [2.24, 2.45) is 0 Å². The minimum absolute atomic E-state index is 0.0578. The molecule has 2 aliphatic heterocycles. The van der Waals surface area contributed by atoms with Crippen LogP contribution in [0.15, 0.2) is 30.5 Å². The van der Waals surface area contributed by atoms with Gasteiger partial charge < -0.3 is 25.4 Å². The number of ether oxygens (including phenoxy) is 1. The van der Waals surface area contributed by atoms with Gasteiger partial charge in [-0.1, -0.05) is 6.07 Å². The normalized spacial score (nSPS) is 16.2. The Morgan fingerprint density at radius 2 is 2.14 bits per heavy atom. The first kappa shape index (κ1) is 22.8. The number of anilines is 1. The first-order chi connectivity index (χ1) is 17.0. The van der Waals surface area contributed by atoms with Crippen LogP contribution in [0.25, 0.3) is 11.5 Å². The second-order valence-corrected chi connectivity index (χ2v) is 8.53. The number of rotatable bonds is 6. The van der Waals surface area contributed by atoms with Crippen molar-refractivity contribution in [2.75, 3.05) is 31.7 Å². The van der Waals surface area contributed by atoms with Crippen molar-refractivity contribution in [3.63, 3.8) is 0 Å². The Balaban J connectivity index is 1.29. The first-order valence-electron chi connectivity index (χ1n) is 11.3. The van der Waals surface area contributed by atoms with Crippen LogP contribution in [0, 0.1) is 0 Å². The number of pyridine rings is 2. The summed E-state index contributed by atoms with van der Waals surface area (Å²) in [6.45, 7) is 3.71. The van der Waals surface area contributed by atoms with Gasteiger partial charge in [-0.2, -0.15) is 0 Å². The highest BCUT2D eigenvalue weighted by atomic mass is 16.5. The summed E-state index contributed by atoms with van der Waals surface area (Å²) < 4.78 is 6.58. The number of aliphatic hydroxyl groups is 1. The Hall–Kier alpha value is -3.97. The maximum absolute atomic E-state index is 12.9. The number of nitrogens with zero attached hydrogens (tertiary/aromatic N) is 7. The smallest absolute Gasteiger partial charge is 0.318 e. The van der Waals surface area contributed by atoms with E-state index in [0.717, 1.165) is 11.1 Å². The Bertz CT molecular complexity index is 1240. The molecule has 182 valence electrons. The number of carbonyl (C=O) groups is 2. The van der Waals surface area contributed by atoms with Crippen LogP contribution in [0.2, 0.25) is 0 Å². The first-order valence-corrected chi connectivity index (χ1v) is 11.3. The van der Waals surface area contributed by atoms with Gasteiger partial charge in [0.25, 0.3) is 5.91 Å². The van der Waals surface area contributed by atoms with E-state index in [4.69, 9.17) is 4.74 Å². The minimum atomic E-state index is -0.422. The van der Waals surface area contributed by atoms with Gasteiger partial charge in [-0.15, -0.1) is 5.10 Å². The molecule has 35 heavy (non-hydrogen) atoms. The number of nitrogens with one attached hydrogen (secondary N) is 2. The highest BCUT2D eigenvalue weighted by Gasteiger charge is 2.26. The molecule has 0 aliphatic carbocycles. The van der Waals surface area contributed by atoms with E-state index in [2.05, 4.69) is 36.1 Å². The van der Waals surface area contributed by atoms with Gasteiger partial charge in [-0.25, -0.2) is 14.5 Å². The number of aromatic nitrogens is 6. The van der Waals surface area contributed by atoms with E-state index in [9.17, 15) is 14.7 Å². The molecule has 0 radical (unpaired) electrons. The Morgan fingerprint density at radius 3 is 2.91 bits per heavy atom. The summed E-state index contributed by atoms with van der Waals surface area (Å²) in [5.41, 5.74) is 2.58. The average Bonchev–Trinajstić information content (AvgIpc) is 3.35. The third kappa shape index (κ3) is 4.81. The summed E-state index contributed by atoms with van der Waals surface area (Å²) in [5, 5.41) is 26.7. The van der Waals surface area contributed by atoms with Crippen molar-refractivity contribution in [3.8, 4) is 11.5 Å². The molecule has 1 saturated heterocycles. The number of urea groups is 1. The number of hydrogen-bond donors (Lipinski definition) is 3. The van der Waals surface area contributed by atoms with Crippen LogP contribution in [-0.2, 0) is 17.7 Å².